The maximum Gasteiger partial charge on any atom is 0.309 e. The van der Waals surface area contributed by atoms with Gasteiger partial charge in [0, 0.05) is 5.92 Å². The first kappa shape index (κ1) is 21.4. The topological polar surface area (TPSA) is 89.9 Å². The molecule has 4 aliphatic carbocycles. The molecule has 4 saturated carbocycles. The summed E-state index contributed by atoms with van der Waals surface area (Å²) in [6.07, 6.45) is 6.21. The van der Waals surface area contributed by atoms with Gasteiger partial charge in [0.2, 0.25) is 0 Å². The predicted octanol–water partition coefficient (Wildman–Crippen LogP) is 3.78. The number of carbonyl (C=O) groups is 3. The fourth-order valence-electron chi connectivity index (χ4n) is 8.99. The number of carbonyl (C=O) groups excluding carboxylic acids is 3. The molecule has 0 radical (unpaired) electrons. The Hall–Kier alpha value is -1.43. The molecule has 1 saturated heterocycles. The Morgan fingerprint density at radius 2 is 1.65 bits per heavy atom. The third-order valence-corrected chi connectivity index (χ3v) is 10.4. The second-order valence-corrected chi connectivity index (χ2v) is 11.5. The number of Topliss-reactive ketones (excluding diaryl/α,β-unsaturated/α-hetero) is 1. The van der Waals surface area contributed by atoms with Crippen molar-refractivity contribution in [1.29, 1.82) is 0 Å². The van der Waals surface area contributed by atoms with Gasteiger partial charge in [-0.15, -0.1) is 0 Å². The van der Waals surface area contributed by atoms with Crippen LogP contribution in [0, 0.1) is 40.4 Å². The molecule has 1 spiro atoms. The van der Waals surface area contributed by atoms with Crippen molar-refractivity contribution in [2.45, 2.75) is 96.9 Å². The van der Waals surface area contributed by atoms with E-state index in [0.717, 1.165) is 38.5 Å². The van der Waals surface area contributed by atoms with Gasteiger partial charge in [0.05, 0.1) is 30.8 Å². The zero-order valence-corrected chi connectivity index (χ0v) is 19.0. The number of ether oxygens (including phenoxy) is 2. The summed E-state index contributed by atoms with van der Waals surface area (Å²) in [5.74, 6) is -0.439. The quantitative estimate of drug-likeness (QED) is 0.634. The zero-order chi connectivity index (χ0) is 22.2. The van der Waals surface area contributed by atoms with Crippen LogP contribution in [0.3, 0.4) is 0 Å². The molecule has 5 aliphatic rings. The smallest absolute Gasteiger partial charge is 0.309 e. The summed E-state index contributed by atoms with van der Waals surface area (Å²) < 4.78 is 12.0. The summed E-state index contributed by atoms with van der Waals surface area (Å²) in [5, 5.41) is 10.7. The summed E-state index contributed by atoms with van der Waals surface area (Å²) in [7, 11) is 0. The third kappa shape index (κ3) is 2.89. The van der Waals surface area contributed by atoms with Crippen LogP contribution in [0.4, 0.5) is 0 Å². The summed E-state index contributed by atoms with van der Waals surface area (Å²) >= 11 is 0. The fourth-order valence-corrected chi connectivity index (χ4v) is 8.99. The second-order valence-electron chi connectivity index (χ2n) is 11.5. The van der Waals surface area contributed by atoms with Crippen molar-refractivity contribution in [2.24, 2.45) is 40.4 Å². The average Bonchev–Trinajstić information content (AvgIpc) is 2.97. The highest BCUT2D eigenvalue weighted by Crippen LogP contribution is 2.70. The van der Waals surface area contributed by atoms with E-state index in [1.54, 1.807) is 6.92 Å². The Balaban J connectivity index is 1.56. The molecule has 1 heterocycles. The van der Waals surface area contributed by atoms with Crippen LogP contribution >= 0.6 is 0 Å². The lowest BCUT2D eigenvalue weighted by molar-refractivity contribution is -0.330. The highest BCUT2D eigenvalue weighted by atomic mass is 16.7. The monoisotopic (exact) mass is 432 g/mol. The van der Waals surface area contributed by atoms with Crippen LogP contribution in [0.25, 0.3) is 0 Å². The third-order valence-electron chi connectivity index (χ3n) is 10.4. The molecular weight excluding hydrogens is 396 g/mol. The van der Waals surface area contributed by atoms with Gasteiger partial charge < -0.3 is 14.6 Å². The minimum Gasteiger partial charge on any atom is -0.422 e. The van der Waals surface area contributed by atoms with E-state index in [1.165, 1.54) is 0 Å². The van der Waals surface area contributed by atoms with Crippen LogP contribution in [-0.4, -0.2) is 34.7 Å². The summed E-state index contributed by atoms with van der Waals surface area (Å²) in [5.41, 5.74) is -0.477. The zero-order valence-electron chi connectivity index (χ0n) is 19.0. The van der Waals surface area contributed by atoms with Crippen molar-refractivity contribution in [3.05, 3.63) is 0 Å². The number of ketones is 1. The molecule has 0 aromatic rings. The Kier molecular flexibility index (Phi) is 4.86. The Labute approximate surface area is 184 Å². The van der Waals surface area contributed by atoms with E-state index in [1.807, 2.05) is 0 Å². The van der Waals surface area contributed by atoms with Crippen molar-refractivity contribution < 1.29 is 29.0 Å². The van der Waals surface area contributed by atoms with E-state index in [-0.39, 0.29) is 42.4 Å². The van der Waals surface area contributed by atoms with Gasteiger partial charge in [-0.25, -0.2) is 0 Å². The van der Waals surface area contributed by atoms with Gasteiger partial charge in [0.1, 0.15) is 5.78 Å². The standard InChI is InChI=1S/C25H36O6/c1-14(26)18-6-7-19-17-5-4-15-12-16(27)13-25(30-21(28)8-9-22(29)31-25)24(15,3)20(17)10-11-23(18,19)2/h15-20,27H,4-13H2,1-3H3/t15-,16-,17+,18+,19-,20-,23+,24-/m0/s1. The molecule has 5 fully saturated rings. The lowest BCUT2D eigenvalue weighted by Crippen LogP contribution is -2.67. The number of fused-ring (bicyclic) bond motifs is 6. The van der Waals surface area contributed by atoms with E-state index >= 15 is 0 Å². The van der Waals surface area contributed by atoms with E-state index in [9.17, 15) is 19.5 Å². The van der Waals surface area contributed by atoms with Gasteiger partial charge in [0.25, 0.3) is 5.79 Å². The molecule has 172 valence electrons. The summed E-state index contributed by atoms with van der Waals surface area (Å²) in [6, 6.07) is 0. The molecular formula is C25H36O6. The van der Waals surface area contributed by atoms with E-state index < -0.39 is 29.2 Å². The minimum atomic E-state index is -1.38. The molecule has 0 aromatic heterocycles. The molecule has 6 nitrogen and oxygen atoms in total. The number of esters is 2. The van der Waals surface area contributed by atoms with Crippen LogP contribution < -0.4 is 0 Å². The lowest BCUT2D eigenvalue weighted by atomic mass is 9.43. The predicted molar refractivity (Wildman–Crippen MR) is 111 cm³/mol. The molecule has 0 bridgehead atoms. The molecule has 6 heteroatoms. The minimum absolute atomic E-state index is 0.0342. The number of rotatable bonds is 1. The molecule has 0 amide bonds. The van der Waals surface area contributed by atoms with Gasteiger partial charge in [-0.2, -0.15) is 0 Å². The van der Waals surface area contributed by atoms with Crippen molar-refractivity contribution in [3.8, 4) is 0 Å². The molecule has 1 N–H and O–H groups in total. The molecule has 0 unspecified atom stereocenters. The highest BCUT2D eigenvalue weighted by Gasteiger charge is 2.70. The number of aliphatic hydroxyl groups excluding tert-OH is 1. The molecule has 31 heavy (non-hydrogen) atoms. The Morgan fingerprint density at radius 1 is 0.968 bits per heavy atom. The molecule has 8 atom stereocenters. The Morgan fingerprint density at radius 3 is 2.29 bits per heavy atom. The van der Waals surface area contributed by atoms with Crippen LogP contribution in [0.1, 0.15) is 85.0 Å². The summed E-state index contributed by atoms with van der Waals surface area (Å²) in [6.45, 7) is 6.21. The lowest BCUT2D eigenvalue weighted by Gasteiger charge is -2.64. The van der Waals surface area contributed by atoms with Gasteiger partial charge >= 0.3 is 11.9 Å². The molecule has 5 rings (SSSR count). The first-order valence-electron chi connectivity index (χ1n) is 12.2. The van der Waals surface area contributed by atoms with E-state index in [0.29, 0.717) is 24.0 Å². The number of hydrogen-bond acceptors (Lipinski definition) is 6. The van der Waals surface area contributed by atoms with Crippen LogP contribution in [-0.2, 0) is 23.9 Å². The summed E-state index contributed by atoms with van der Waals surface area (Å²) in [4.78, 5) is 37.5. The largest absolute Gasteiger partial charge is 0.422 e. The normalized spacial score (nSPS) is 48.6. The van der Waals surface area contributed by atoms with Crippen LogP contribution in [0.5, 0.6) is 0 Å². The van der Waals surface area contributed by atoms with Gasteiger partial charge in [0.15, 0.2) is 0 Å². The van der Waals surface area contributed by atoms with Gasteiger partial charge in [-0.3, -0.25) is 14.4 Å². The number of hydrogen-bond donors (Lipinski definition) is 1. The van der Waals surface area contributed by atoms with Crippen LogP contribution in [0.2, 0.25) is 0 Å². The Bertz CT molecular complexity index is 788. The van der Waals surface area contributed by atoms with Gasteiger partial charge in [-0.05, 0) is 81.0 Å². The first-order valence-corrected chi connectivity index (χ1v) is 12.2. The SMILES string of the molecule is CC(=O)[C@H]1CC[C@H]2[C@H]3CC[C@H]4C[C@H](O)CC5(OC(=O)CCC(=O)O5)[C@]4(C)[C@H]3CC[C@]12C. The van der Waals surface area contributed by atoms with E-state index in [4.69, 9.17) is 9.47 Å². The first-order chi connectivity index (χ1) is 14.6. The van der Waals surface area contributed by atoms with Crippen molar-refractivity contribution in [2.75, 3.05) is 0 Å². The van der Waals surface area contributed by atoms with Crippen molar-refractivity contribution in [3.63, 3.8) is 0 Å². The van der Waals surface area contributed by atoms with Crippen LogP contribution in [0.15, 0.2) is 0 Å². The average molecular weight is 433 g/mol. The number of aliphatic hydroxyl groups is 1. The maximum atomic E-state index is 12.6. The van der Waals surface area contributed by atoms with Crippen molar-refractivity contribution in [1.82, 2.24) is 0 Å². The van der Waals surface area contributed by atoms with E-state index in [2.05, 4.69) is 13.8 Å². The van der Waals surface area contributed by atoms with Gasteiger partial charge in [-0.1, -0.05) is 13.8 Å². The highest BCUT2D eigenvalue weighted by molar-refractivity contribution is 5.80. The van der Waals surface area contributed by atoms with Crippen molar-refractivity contribution >= 4 is 17.7 Å². The molecule has 0 aromatic carbocycles. The second kappa shape index (κ2) is 7.03. The fraction of sp³-hybridized carbons (Fsp3) is 0.880. The maximum absolute atomic E-state index is 12.6. The molecule has 1 aliphatic heterocycles.